The highest BCUT2D eigenvalue weighted by Gasteiger charge is 2.13. The molecule has 1 rings (SSSR count). The molecular formula is C10H20O3. The molecule has 2 atom stereocenters. The Hall–Kier alpha value is -0.120. The van der Waals surface area contributed by atoms with Gasteiger partial charge in [0.15, 0.2) is 6.29 Å². The molecule has 0 radical (unpaired) electrons. The average molecular weight is 188 g/mol. The van der Waals surface area contributed by atoms with E-state index < -0.39 is 0 Å². The van der Waals surface area contributed by atoms with Gasteiger partial charge in [-0.05, 0) is 31.6 Å². The molecule has 1 aliphatic heterocycles. The second-order valence-electron chi connectivity index (χ2n) is 3.74. The SMILES string of the molecule is C[C@H](CO)CCO[C@H]1CCCCO1. The Morgan fingerprint density at radius 1 is 1.54 bits per heavy atom. The Kier molecular flexibility index (Phi) is 5.35. The van der Waals surface area contributed by atoms with Crippen molar-refractivity contribution in [2.75, 3.05) is 19.8 Å². The lowest BCUT2D eigenvalue weighted by Gasteiger charge is -2.23. The summed E-state index contributed by atoms with van der Waals surface area (Å²) in [5.41, 5.74) is 0. The molecule has 3 heteroatoms. The Balaban J connectivity index is 1.98. The van der Waals surface area contributed by atoms with E-state index in [4.69, 9.17) is 14.6 Å². The lowest BCUT2D eigenvalue weighted by molar-refractivity contribution is -0.164. The van der Waals surface area contributed by atoms with Gasteiger partial charge in [-0.15, -0.1) is 0 Å². The predicted octanol–water partition coefficient (Wildman–Crippen LogP) is 1.55. The highest BCUT2D eigenvalue weighted by Crippen LogP contribution is 2.14. The highest BCUT2D eigenvalue weighted by atomic mass is 16.7. The van der Waals surface area contributed by atoms with Crippen molar-refractivity contribution in [1.29, 1.82) is 0 Å². The third-order valence-corrected chi connectivity index (χ3v) is 2.36. The third-order valence-electron chi connectivity index (χ3n) is 2.36. The van der Waals surface area contributed by atoms with Gasteiger partial charge in [0.05, 0.1) is 6.61 Å². The van der Waals surface area contributed by atoms with Crippen LogP contribution in [0.4, 0.5) is 0 Å². The van der Waals surface area contributed by atoms with Crippen LogP contribution in [0.1, 0.15) is 32.6 Å². The summed E-state index contributed by atoms with van der Waals surface area (Å²) in [6.45, 7) is 3.80. The number of rotatable bonds is 5. The molecule has 0 unspecified atom stereocenters. The summed E-state index contributed by atoms with van der Waals surface area (Å²) >= 11 is 0. The Bertz CT molecular complexity index is 121. The Labute approximate surface area is 80.0 Å². The molecule has 1 saturated heterocycles. The van der Waals surface area contributed by atoms with Gasteiger partial charge in [-0.25, -0.2) is 0 Å². The molecule has 1 aliphatic rings. The molecule has 0 aromatic carbocycles. The zero-order chi connectivity index (χ0) is 9.52. The smallest absolute Gasteiger partial charge is 0.157 e. The molecule has 13 heavy (non-hydrogen) atoms. The van der Waals surface area contributed by atoms with Gasteiger partial charge in [0.1, 0.15) is 0 Å². The molecule has 78 valence electrons. The maximum atomic E-state index is 8.78. The Morgan fingerprint density at radius 3 is 3.00 bits per heavy atom. The minimum atomic E-state index is 0.0136. The van der Waals surface area contributed by atoms with Crippen LogP contribution in [0.15, 0.2) is 0 Å². The largest absolute Gasteiger partial charge is 0.396 e. The number of hydrogen-bond donors (Lipinski definition) is 1. The average Bonchev–Trinajstić information content (AvgIpc) is 2.19. The molecule has 3 nitrogen and oxygen atoms in total. The number of ether oxygens (including phenoxy) is 2. The van der Waals surface area contributed by atoms with Crippen LogP contribution in [0.2, 0.25) is 0 Å². The fraction of sp³-hybridized carbons (Fsp3) is 1.00. The molecule has 1 heterocycles. The maximum Gasteiger partial charge on any atom is 0.157 e. The Morgan fingerprint density at radius 2 is 2.38 bits per heavy atom. The van der Waals surface area contributed by atoms with Crippen molar-refractivity contribution in [1.82, 2.24) is 0 Å². The zero-order valence-corrected chi connectivity index (χ0v) is 8.37. The van der Waals surface area contributed by atoms with E-state index in [2.05, 4.69) is 0 Å². The predicted molar refractivity (Wildman–Crippen MR) is 50.4 cm³/mol. The van der Waals surface area contributed by atoms with Crippen molar-refractivity contribution in [2.45, 2.75) is 38.9 Å². The van der Waals surface area contributed by atoms with E-state index in [9.17, 15) is 0 Å². The quantitative estimate of drug-likeness (QED) is 0.711. The van der Waals surface area contributed by atoms with Crippen molar-refractivity contribution in [3.05, 3.63) is 0 Å². The van der Waals surface area contributed by atoms with Crippen LogP contribution in [0.5, 0.6) is 0 Å². The van der Waals surface area contributed by atoms with Crippen molar-refractivity contribution >= 4 is 0 Å². The number of hydrogen-bond acceptors (Lipinski definition) is 3. The summed E-state index contributed by atoms with van der Waals surface area (Å²) in [7, 11) is 0. The summed E-state index contributed by atoms with van der Waals surface area (Å²) in [5, 5.41) is 8.78. The van der Waals surface area contributed by atoms with Gasteiger partial charge in [0, 0.05) is 13.2 Å². The van der Waals surface area contributed by atoms with E-state index in [-0.39, 0.29) is 12.9 Å². The third kappa shape index (κ3) is 4.60. The van der Waals surface area contributed by atoms with Gasteiger partial charge in [-0.2, -0.15) is 0 Å². The molecule has 0 amide bonds. The highest BCUT2D eigenvalue weighted by molar-refractivity contribution is 4.55. The van der Waals surface area contributed by atoms with Crippen LogP contribution >= 0.6 is 0 Å². The second-order valence-corrected chi connectivity index (χ2v) is 3.74. The maximum absolute atomic E-state index is 8.78. The van der Waals surface area contributed by atoms with E-state index in [1.165, 1.54) is 6.42 Å². The van der Waals surface area contributed by atoms with Crippen LogP contribution in [0.3, 0.4) is 0 Å². The lowest BCUT2D eigenvalue weighted by atomic mass is 10.1. The minimum Gasteiger partial charge on any atom is -0.396 e. The number of aliphatic hydroxyl groups is 1. The summed E-state index contributed by atoms with van der Waals surface area (Å²) in [6.07, 6.45) is 4.32. The fourth-order valence-electron chi connectivity index (χ4n) is 1.33. The van der Waals surface area contributed by atoms with Crippen LogP contribution in [0, 0.1) is 5.92 Å². The van der Waals surface area contributed by atoms with Crippen molar-refractivity contribution in [3.63, 3.8) is 0 Å². The molecule has 1 fully saturated rings. The van der Waals surface area contributed by atoms with E-state index in [1.54, 1.807) is 0 Å². The standard InChI is InChI=1S/C10H20O3/c1-9(8-11)5-7-13-10-4-2-3-6-12-10/h9-11H,2-8H2,1H3/t9-,10-/m0/s1. The van der Waals surface area contributed by atoms with Crippen LogP contribution < -0.4 is 0 Å². The monoisotopic (exact) mass is 188 g/mol. The van der Waals surface area contributed by atoms with Crippen molar-refractivity contribution in [3.8, 4) is 0 Å². The first-order valence-electron chi connectivity index (χ1n) is 5.17. The molecular weight excluding hydrogens is 168 g/mol. The van der Waals surface area contributed by atoms with Gasteiger partial charge in [-0.1, -0.05) is 6.92 Å². The van der Waals surface area contributed by atoms with E-state index in [0.29, 0.717) is 12.5 Å². The first-order valence-corrected chi connectivity index (χ1v) is 5.17. The molecule has 0 aromatic rings. The fourth-order valence-corrected chi connectivity index (χ4v) is 1.33. The van der Waals surface area contributed by atoms with Crippen molar-refractivity contribution < 1.29 is 14.6 Å². The molecule has 0 aliphatic carbocycles. The summed E-state index contributed by atoms with van der Waals surface area (Å²) in [5.74, 6) is 0.337. The number of aliphatic hydroxyl groups excluding tert-OH is 1. The first-order chi connectivity index (χ1) is 6.33. The molecule has 0 saturated carbocycles. The molecule has 0 spiro atoms. The molecule has 1 N–H and O–H groups in total. The van der Waals surface area contributed by atoms with Crippen LogP contribution in [-0.2, 0) is 9.47 Å². The topological polar surface area (TPSA) is 38.7 Å². The van der Waals surface area contributed by atoms with Gasteiger partial charge in [0.25, 0.3) is 0 Å². The summed E-state index contributed by atoms with van der Waals surface area (Å²) < 4.78 is 10.9. The normalized spacial score (nSPS) is 25.8. The van der Waals surface area contributed by atoms with Gasteiger partial charge >= 0.3 is 0 Å². The van der Waals surface area contributed by atoms with Crippen LogP contribution in [0.25, 0.3) is 0 Å². The van der Waals surface area contributed by atoms with Gasteiger partial charge in [-0.3, -0.25) is 0 Å². The summed E-state index contributed by atoms with van der Waals surface area (Å²) in [6, 6.07) is 0. The zero-order valence-electron chi connectivity index (χ0n) is 8.37. The lowest BCUT2D eigenvalue weighted by Crippen LogP contribution is -2.23. The molecule has 0 aromatic heterocycles. The van der Waals surface area contributed by atoms with Crippen LogP contribution in [-0.4, -0.2) is 31.2 Å². The van der Waals surface area contributed by atoms with E-state index >= 15 is 0 Å². The second kappa shape index (κ2) is 6.35. The van der Waals surface area contributed by atoms with E-state index in [0.717, 1.165) is 25.9 Å². The first kappa shape index (κ1) is 11.0. The van der Waals surface area contributed by atoms with Gasteiger partial charge < -0.3 is 14.6 Å². The summed E-state index contributed by atoms with van der Waals surface area (Å²) in [4.78, 5) is 0. The van der Waals surface area contributed by atoms with E-state index in [1.807, 2.05) is 6.92 Å². The molecule has 0 bridgehead atoms. The minimum absolute atomic E-state index is 0.0136. The van der Waals surface area contributed by atoms with Gasteiger partial charge in [0.2, 0.25) is 0 Å². The van der Waals surface area contributed by atoms with Crippen molar-refractivity contribution in [2.24, 2.45) is 5.92 Å².